The lowest BCUT2D eigenvalue weighted by atomic mass is 10.0. The fourth-order valence-corrected chi connectivity index (χ4v) is 4.12. The van der Waals surface area contributed by atoms with E-state index in [9.17, 15) is 8.42 Å². The number of nitrogens with one attached hydrogen (secondary N) is 1. The zero-order valence-corrected chi connectivity index (χ0v) is 15.6. The number of pyridine rings is 1. The highest BCUT2D eigenvalue weighted by Crippen LogP contribution is 2.27. The van der Waals surface area contributed by atoms with E-state index in [2.05, 4.69) is 46.4 Å². The third kappa shape index (κ3) is 4.38. The van der Waals surface area contributed by atoms with Crippen LogP contribution >= 0.6 is 0 Å². The highest BCUT2D eigenvalue weighted by atomic mass is 32.2. The molecule has 0 aliphatic carbocycles. The molecule has 1 aromatic carbocycles. The normalized spacial score (nSPS) is 16.7. The first-order chi connectivity index (χ1) is 11.9. The largest absolute Gasteiger partial charge is 0.367 e. The van der Waals surface area contributed by atoms with Crippen LogP contribution in [0.3, 0.4) is 0 Å². The zero-order chi connectivity index (χ0) is 17.9. The van der Waals surface area contributed by atoms with Crippen LogP contribution in [0.4, 0.5) is 5.82 Å². The van der Waals surface area contributed by atoms with E-state index in [-0.39, 0.29) is 10.9 Å². The number of hydrogen-bond acceptors (Lipinski definition) is 5. The molecule has 0 amide bonds. The smallest absolute Gasteiger partial charge is 0.179 e. The summed E-state index contributed by atoms with van der Waals surface area (Å²) in [6, 6.07) is 12.0. The van der Waals surface area contributed by atoms with E-state index in [0.29, 0.717) is 12.4 Å². The van der Waals surface area contributed by atoms with Gasteiger partial charge >= 0.3 is 0 Å². The maximum absolute atomic E-state index is 12.0. The number of aromatic nitrogens is 1. The first-order valence-electron chi connectivity index (χ1n) is 8.65. The molecule has 2 aromatic rings. The van der Waals surface area contributed by atoms with Gasteiger partial charge < -0.3 is 5.32 Å². The highest BCUT2D eigenvalue weighted by Gasteiger charge is 2.24. The highest BCUT2D eigenvalue weighted by molar-refractivity contribution is 7.90. The molecule has 5 nitrogen and oxygen atoms in total. The minimum absolute atomic E-state index is 0.206. The molecule has 1 unspecified atom stereocenters. The third-order valence-corrected chi connectivity index (χ3v) is 5.80. The zero-order valence-electron chi connectivity index (χ0n) is 14.8. The van der Waals surface area contributed by atoms with E-state index in [1.807, 2.05) is 0 Å². The molecule has 0 radical (unpaired) electrons. The Bertz CT molecular complexity index is 813. The predicted molar refractivity (Wildman–Crippen MR) is 101 cm³/mol. The summed E-state index contributed by atoms with van der Waals surface area (Å²) in [5.74, 6) is 0.432. The van der Waals surface area contributed by atoms with E-state index in [4.69, 9.17) is 0 Å². The molecule has 0 bridgehead atoms. The summed E-state index contributed by atoms with van der Waals surface area (Å²) in [6.07, 6.45) is 5.25. The van der Waals surface area contributed by atoms with Gasteiger partial charge in [-0.05, 0) is 50.6 Å². The van der Waals surface area contributed by atoms with Gasteiger partial charge in [-0.2, -0.15) is 0 Å². The second kappa shape index (κ2) is 7.54. The molecule has 2 heterocycles. The van der Waals surface area contributed by atoms with Gasteiger partial charge in [0, 0.05) is 19.0 Å². The van der Waals surface area contributed by atoms with Gasteiger partial charge in [0.25, 0.3) is 0 Å². The summed E-state index contributed by atoms with van der Waals surface area (Å²) in [4.78, 5) is 6.95. The predicted octanol–water partition coefficient (Wildman–Crippen LogP) is 3.04. The second-order valence-electron chi connectivity index (χ2n) is 6.67. The topological polar surface area (TPSA) is 62.3 Å². The van der Waals surface area contributed by atoms with Gasteiger partial charge in [0.2, 0.25) is 0 Å². The quantitative estimate of drug-likeness (QED) is 0.859. The van der Waals surface area contributed by atoms with E-state index in [1.54, 1.807) is 18.3 Å². The maximum atomic E-state index is 12.0. The Kier molecular flexibility index (Phi) is 5.39. The Balaban J connectivity index is 1.83. The van der Waals surface area contributed by atoms with E-state index in [1.165, 1.54) is 30.2 Å². The van der Waals surface area contributed by atoms with Gasteiger partial charge in [0.05, 0.1) is 6.04 Å². The van der Waals surface area contributed by atoms with E-state index < -0.39 is 9.84 Å². The third-order valence-electron chi connectivity index (χ3n) is 4.68. The van der Waals surface area contributed by atoms with Crippen LogP contribution in [0, 0.1) is 6.92 Å². The fourth-order valence-electron chi connectivity index (χ4n) is 3.32. The lowest BCUT2D eigenvalue weighted by molar-refractivity contribution is 0.256. The number of aryl methyl sites for hydroxylation is 1. The maximum Gasteiger partial charge on any atom is 0.179 e. The molecule has 134 valence electrons. The second-order valence-corrected chi connectivity index (χ2v) is 8.66. The van der Waals surface area contributed by atoms with Crippen LogP contribution < -0.4 is 5.32 Å². The molecule has 6 heteroatoms. The lowest BCUT2D eigenvalue weighted by Crippen LogP contribution is -2.31. The monoisotopic (exact) mass is 359 g/mol. The lowest BCUT2D eigenvalue weighted by Gasteiger charge is -2.28. The van der Waals surface area contributed by atoms with Crippen LogP contribution in [-0.4, -0.2) is 44.2 Å². The molecule has 1 saturated heterocycles. The van der Waals surface area contributed by atoms with Crippen LogP contribution in [0.1, 0.15) is 30.0 Å². The minimum atomic E-state index is -3.31. The van der Waals surface area contributed by atoms with Crippen molar-refractivity contribution in [2.24, 2.45) is 0 Å². The SMILES string of the molecule is Cc1ccc(C(CNc2ncccc2S(C)(=O)=O)N2CCCC2)cc1. The Morgan fingerprint density at radius 3 is 2.48 bits per heavy atom. The summed E-state index contributed by atoms with van der Waals surface area (Å²) >= 11 is 0. The standard InChI is InChI=1S/C19H25N3O2S/c1-15-7-9-16(10-8-15)17(22-12-3-4-13-22)14-21-19-18(25(2,23)24)6-5-11-20-19/h5-11,17H,3-4,12-14H2,1-2H3,(H,20,21). The van der Waals surface area contributed by atoms with Crippen molar-refractivity contribution < 1.29 is 8.42 Å². The minimum Gasteiger partial charge on any atom is -0.367 e. The molecule has 3 rings (SSSR count). The molecule has 0 spiro atoms. The summed E-state index contributed by atoms with van der Waals surface area (Å²) in [5.41, 5.74) is 2.48. The van der Waals surface area contributed by atoms with Crippen LogP contribution in [0.15, 0.2) is 47.5 Å². The Hall–Kier alpha value is -1.92. The molecule has 1 aliphatic heterocycles. The van der Waals surface area contributed by atoms with Crippen molar-refractivity contribution in [3.05, 3.63) is 53.7 Å². The van der Waals surface area contributed by atoms with Crippen molar-refractivity contribution in [3.8, 4) is 0 Å². The number of hydrogen-bond donors (Lipinski definition) is 1. The van der Waals surface area contributed by atoms with Gasteiger partial charge in [0.15, 0.2) is 9.84 Å². The summed E-state index contributed by atoms with van der Waals surface area (Å²) < 4.78 is 23.9. The Labute approximate surface area is 150 Å². The van der Waals surface area contributed by atoms with Gasteiger partial charge in [-0.25, -0.2) is 13.4 Å². The van der Waals surface area contributed by atoms with Gasteiger partial charge in [-0.15, -0.1) is 0 Å². The van der Waals surface area contributed by atoms with Gasteiger partial charge in [-0.3, -0.25) is 4.90 Å². The number of rotatable bonds is 6. The summed E-state index contributed by atoms with van der Waals surface area (Å²) in [6.45, 7) is 4.85. The number of sulfone groups is 1. The molecule has 0 saturated carbocycles. The van der Waals surface area contributed by atoms with Crippen molar-refractivity contribution in [1.29, 1.82) is 0 Å². The Morgan fingerprint density at radius 1 is 1.16 bits per heavy atom. The first kappa shape index (κ1) is 17.9. The van der Waals surface area contributed by atoms with Gasteiger partial charge in [0.1, 0.15) is 10.7 Å². The van der Waals surface area contributed by atoms with E-state index in [0.717, 1.165) is 13.1 Å². The average Bonchev–Trinajstić information content (AvgIpc) is 3.10. The molecule has 1 aliphatic rings. The number of likely N-dealkylation sites (tertiary alicyclic amines) is 1. The molecule has 25 heavy (non-hydrogen) atoms. The van der Waals surface area contributed by atoms with Crippen molar-refractivity contribution >= 4 is 15.7 Å². The molecule has 1 aromatic heterocycles. The van der Waals surface area contributed by atoms with Crippen LogP contribution in [0.5, 0.6) is 0 Å². The molecule has 1 atom stereocenters. The number of benzene rings is 1. The Morgan fingerprint density at radius 2 is 1.84 bits per heavy atom. The molecule has 1 N–H and O–H groups in total. The molecular formula is C19H25N3O2S. The summed E-state index contributed by atoms with van der Waals surface area (Å²) in [5, 5.41) is 3.28. The van der Waals surface area contributed by atoms with Crippen molar-refractivity contribution in [3.63, 3.8) is 0 Å². The van der Waals surface area contributed by atoms with Crippen LogP contribution in [0.25, 0.3) is 0 Å². The average molecular weight is 359 g/mol. The van der Waals surface area contributed by atoms with E-state index >= 15 is 0 Å². The number of anilines is 1. The number of nitrogens with zero attached hydrogens (tertiary/aromatic N) is 2. The fraction of sp³-hybridized carbons (Fsp3) is 0.421. The van der Waals surface area contributed by atoms with Gasteiger partial charge in [-0.1, -0.05) is 29.8 Å². The van der Waals surface area contributed by atoms with Crippen molar-refractivity contribution in [2.75, 3.05) is 31.2 Å². The first-order valence-corrected chi connectivity index (χ1v) is 10.5. The van der Waals surface area contributed by atoms with Crippen molar-refractivity contribution in [2.45, 2.75) is 30.7 Å². The molecular weight excluding hydrogens is 334 g/mol. The van der Waals surface area contributed by atoms with Crippen LogP contribution in [0.2, 0.25) is 0 Å². The molecule has 1 fully saturated rings. The van der Waals surface area contributed by atoms with Crippen molar-refractivity contribution in [1.82, 2.24) is 9.88 Å². The van der Waals surface area contributed by atoms with Crippen LogP contribution in [-0.2, 0) is 9.84 Å². The summed E-state index contributed by atoms with van der Waals surface area (Å²) in [7, 11) is -3.31.